The monoisotopic (exact) mass is 175 g/mol. The Kier molecular flexibility index (Phi) is 8.64. The lowest BCUT2D eigenvalue weighted by Gasteiger charge is -2.10. The molecule has 0 aromatic heterocycles. The van der Waals surface area contributed by atoms with E-state index in [0.717, 1.165) is 5.92 Å². The number of thioether (sulfide) groups is 1. The predicted octanol–water partition coefficient (Wildman–Crippen LogP) is 2.38. The summed E-state index contributed by atoms with van der Waals surface area (Å²) in [7, 11) is 0. The van der Waals surface area contributed by atoms with Crippen LogP contribution in [0.1, 0.15) is 26.7 Å². The van der Waals surface area contributed by atoms with Crippen LogP contribution >= 0.6 is 11.8 Å². The molecular formula is C9H21NS. The first-order valence-corrected chi connectivity index (χ1v) is 5.90. The van der Waals surface area contributed by atoms with Crippen LogP contribution < -0.4 is 5.32 Å². The van der Waals surface area contributed by atoms with Crippen molar-refractivity contribution in [2.75, 3.05) is 25.1 Å². The van der Waals surface area contributed by atoms with Crippen LogP contribution in [0, 0.1) is 5.92 Å². The Morgan fingerprint density at radius 2 is 2.18 bits per heavy atom. The Morgan fingerprint density at radius 3 is 2.73 bits per heavy atom. The fourth-order valence-electron chi connectivity index (χ4n) is 0.994. The molecule has 0 aliphatic carbocycles. The van der Waals surface area contributed by atoms with Crippen LogP contribution in [0.5, 0.6) is 0 Å². The summed E-state index contributed by atoms with van der Waals surface area (Å²) in [5.74, 6) is 2.10. The average Bonchev–Trinajstić information content (AvgIpc) is 1.99. The molecule has 0 heterocycles. The van der Waals surface area contributed by atoms with Gasteiger partial charge < -0.3 is 5.32 Å². The highest BCUT2D eigenvalue weighted by Crippen LogP contribution is 2.02. The highest BCUT2D eigenvalue weighted by atomic mass is 32.2. The second kappa shape index (κ2) is 8.41. The summed E-state index contributed by atoms with van der Waals surface area (Å²) in [6, 6.07) is 0. The van der Waals surface area contributed by atoms with Gasteiger partial charge in [0, 0.05) is 0 Å². The van der Waals surface area contributed by atoms with Gasteiger partial charge in [0.25, 0.3) is 0 Å². The molecular weight excluding hydrogens is 154 g/mol. The maximum Gasteiger partial charge on any atom is -0.00153 e. The molecule has 0 spiro atoms. The maximum absolute atomic E-state index is 3.46. The van der Waals surface area contributed by atoms with Gasteiger partial charge in [-0.15, -0.1) is 0 Å². The molecule has 1 N–H and O–H groups in total. The second-order valence-corrected chi connectivity index (χ2v) is 4.03. The van der Waals surface area contributed by atoms with Crippen molar-refractivity contribution in [1.82, 2.24) is 5.32 Å². The molecule has 0 amide bonds. The Balaban J connectivity index is 2.97. The molecule has 0 saturated heterocycles. The minimum Gasteiger partial charge on any atom is -0.316 e. The number of rotatable bonds is 7. The number of nitrogens with one attached hydrogen (secondary N) is 1. The van der Waals surface area contributed by atoms with E-state index >= 15 is 0 Å². The van der Waals surface area contributed by atoms with Gasteiger partial charge in [0.15, 0.2) is 0 Å². The van der Waals surface area contributed by atoms with E-state index < -0.39 is 0 Å². The van der Waals surface area contributed by atoms with E-state index in [4.69, 9.17) is 0 Å². The zero-order valence-electron chi connectivity index (χ0n) is 8.02. The molecule has 2 heteroatoms. The van der Waals surface area contributed by atoms with Crippen LogP contribution in [0.3, 0.4) is 0 Å². The van der Waals surface area contributed by atoms with Crippen molar-refractivity contribution >= 4 is 11.8 Å². The van der Waals surface area contributed by atoms with Crippen molar-refractivity contribution < 1.29 is 0 Å². The summed E-state index contributed by atoms with van der Waals surface area (Å²) < 4.78 is 0. The molecule has 0 aliphatic rings. The first kappa shape index (κ1) is 11.3. The van der Waals surface area contributed by atoms with Gasteiger partial charge in [-0.2, -0.15) is 11.8 Å². The normalized spacial score (nSPS) is 13.4. The molecule has 1 unspecified atom stereocenters. The van der Waals surface area contributed by atoms with Gasteiger partial charge in [-0.1, -0.05) is 20.3 Å². The Hall–Kier alpha value is 0.310. The third-order valence-electron chi connectivity index (χ3n) is 1.65. The fourth-order valence-corrected chi connectivity index (χ4v) is 1.68. The molecule has 1 atom stereocenters. The molecule has 0 fully saturated rings. The number of hydrogen-bond donors (Lipinski definition) is 1. The summed E-state index contributed by atoms with van der Waals surface area (Å²) in [5.41, 5.74) is 0. The van der Waals surface area contributed by atoms with E-state index in [9.17, 15) is 0 Å². The molecule has 11 heavy (non-hydrogen) atoms. The summed E-state index contributed by atoms with van der Waals surface area (Å²) in [6.07, 6.45) is 4.78. The lowest BCUT2D eigenvalue weighted by Crippen LogP contribution is -2.23. The molecule has 0 saturated carbocycles. The second-order valence-electron chi connectivity index (χ2n) is 3.12. The third kappa shape index (κ3) is 8.21. The molecule has 0 aromatic carbocycles. The highest BCUT2D eigenvalue weighted by Gasteiger charge is 1.98. The standard InChI is InChI=1S/C9H21NS/c1-4-5-6-10-7-9(2)8-11-3/h9-10H,4-8H2,1-3H3. The van der Waals surface area contributed by atoms with Gasteiger partial charge in [-0.3, -0.25) is 0 Å². The first-order chi connectivity index (χ1) is 5.31. The summed E-state index contributed by atoms with van der Waals surface area (Å²) >= 11 is 1.93. The fraction of sp³-hybridized carbons (Fsp3) is 1.00. The Bertz CT molecular complexity index is 76.0. The summed E-state index contributed by atoms with van der Waals surface area (Å²) in [4.78, 5) is 0. The van der Waals surface area contributed by atoms with Crippen LogP contribution in [0.15, 0.2) is 0 Å². The summed E-state index contributed by atoms with van der Waals surface area (Å²) in [6.45, 7) is 6.90. The smallest absolute Gasteiger partial charge is 0.00153 e. The van der Waals surface area contributed by atoms with Gasteiger partial charge in [0.2, 0.25) is 0 Å². The van der Waals surface area contributed by atoms with E-state index in [2.05, 4.69) is 25.4 Å². The topological polar surface area (TPSA) is 12.0 Å². The van der Waals surface area contributed by atoms with Crippen molar-refractivity contribution in [3.8, 4) is 0 Å². The van der Waals surface area contributed by atoms with E-state index in [1.165, 1.54) is 31.7 Å². The largest absolute Gasteiger partial charge is 0.316 e. The Labute approximate surface area is 75.3 Å². The van der Waals surface area contributed by atoms with Crippen molar-refractivity contribution in [1.29, 1.82) is 0 Å². The van der Waals surface area contributed by atoms with Crippen molar-refractivity contribution in [2.24, 2.45) is 5.92 Å². The molecule has 0 rings (SSSR count). The van der Waals surface area contributed by atoms with Crippen molar-refractivity contribution in [3.63, 3.8) is 0 Å². The number of hydrogen-bond acceptors (Lipinski definition) is 2. The van der Waals surface area contributed by atoms with Gasteiger partial charge in [-0.25, -0.2) is 0 Å². The lowest BCUT2D eigenvalue weighted by molar-refractivity contribution is 0.546. The lowest BCUT2D eigenvalue weighted by atomic mass is 10.2. The molecule has 0 aromatic rings. The molecule has 1 nitrogen and oxygen atoms in total. The zero-order chi connectivity index (χ0) is 8.53. The van der Waals surface area contributed by atoms with E-state index in [-0.39, 0.29) is 0 Å². The average molecular weight is 175 g/mol. The maximum atomic E-state index is 3.46. The summed E-state index contributed by atoms with van der Waals surface area (Å²) in [5, 5.41) is 3.46. The van der Waals surface area contributed by atoms with E-state index in [1.807, 2.05) is 11.8 Å². The van der Waals surface area contributed by atoms with Gasteiger partial charge in [0.05, 0.1) is 0 Å². The minimum atomic E-state index is 0.821. The van der Waals surface area contributed by atoms with Crippen molar-refractivity contribution in [2.45, 2.75) is 26.7 Å². The van der Waals surface area contributed by atoms with E-state index in [0.29, 0.717) is 0 Å². The predicted molar refractivity (Wildman–Crippen MR) is 55.3 cm³/mol. The Morgan fingerprint density at radius 1 is 1.45 bits per heavy atom. The van der Waals surface area contributed by atoms with Crippen LogP contribution in [0.25, 0.3) is 0 Å². The molecule has 0 aliphatic heterocycles. The molecule has 0 radical (unpaired) electrons. The van der Waals surface area contributed by atoms with Gasteiger partial charge in [0.1, 0.15) is 0 Å². The number of unbranched alkanes of at least 4 members (excludes halogenated alkanes) is 1. The van der Waals surface area contributed by atoms with Gasteiger partial charge in [-0.05, 0) is 37.4 Å². The van der Waals surface area contributed by atoms with E-state index in [1.54, 1.807) is 0 Å². The van der Waals surface area contributed by atoms with Crippen LogP contribution in [0.2, 0.25) is 0 Å². The van der Waals surface area contributed by atoms with Crippen LogP contribution in [-0.2, 0) is 0 Å². The first-order valence-electron chi connectivity index (χ1n) is 4.50. The SMILES string of the molecule is CCCCNCC(C)CSC. The van der Waals surface area contributed by atoms with Crippen LogP contribution in [0.4, 0.5) is 0 Å². The highest BCUT2D eigenvalue weighted by molar-refractivity contribution is 7.98. The third-order valence-corrected chi connectivity index (χ3v) is 2.55. The minimum absolute atomic E-state index is 0.821. The van der Waals surface area contributed by atoms with Crippen LogP contribution in [-0.4, -0.2) is 25.1 Å². The van der Waals surface area contributed by atoms with Gasteiger partial charge >= 0.3 is 0 Å². The quantitative estimate of drug-likeness (QED) is 0.596. The molecule has 68 valence electrons. The zero-order valence-corrected chi connectivity index (χ0v) is 8.84. The van der Waals surface area contributed by atoms with Crippen molar-refractivity contribution in [3.05, 3.63) is 0 Å². The molecule has 0 bridgehead atoms.